The van der Waals surface area contributed by atoms with Gasteiger partial charge in [-0.1, -0.05) is 84.9 Å². The number of hydrogen-bond donors (Lipinski definition) is 0. The van der Waals surface area contributed by atoms with Crippen molar-refractivity contribution in [2.24, 2.45) is 0 Å². The molecule has 42 heavy (non-hydrogen) atoms. The van der Waals surface area contributed by atoms with E-state index in [1.165, 1.54) is 4.90 Å². The van der Waals surface area contributed by atoms with Crippen LogP contribution in [0.1, 0.15) is 20.7 Å². The number of imide groups is 1. The maximum absolute atomic E-state index is 14.2. The van der Waals surface area contributed by atoms with Crippen molar-refractivity contribution >= 4 is 39.3 Å². The summed E-state index contributed by atoms with van der Waals surface area (Å²) in [5.41, 5.74) is 8.11. The SMILES string of the molecule is O=C1c2cccc(-n3c4ccccc4c4cccc(-c5ccncc5)c43)c2C(=O)N1c1ccc(-c2ccccc2)cc1. The summed E-state index contributed by atoms with van der Waals surface area (Å²) >= 11 is 0. The van der Waals surface area contributed by atoms with Crippen LogP contribution in [0.25, 0.3) is 49.7 Å². The smallest absolute Gasteiger partial charge is 0.268 e. The Morgan fingerprint density at radius 2 is 1.17 bits per heavy atom. The first-order valence-electron chi connectivity index (χ1n) is 13.8. The molecule has 1 aliphatic rings. The van der Waals surface area contributed by atoms with Gasteiger partial charge in [0.2, 0.25) is 0 Å². The molecule has 7 aromatic rings. The average molecular weight is 542 g/mol. The van der Waals surface area contributed by atoms with Crippen LogP contribution in [-0.4, -0.2) is 21.4 Å². The maximum atomic E-state index is 14.2. The van der Waals surface area contributed by atoms with Gasteiger partial charge in [-0.15, -0.1) is 0 Å². The standard InChI is InChI=1S/C37H23N3O2/c41-36-31-13-7-15-33(34(31)37(42)39(36)27-18-16-25(17-19-27)24-8-2-1-3-9-24)40-32-14-5-4-10-29(32)30-12-6-11-28(35(30)40)26-20-22-38-23-21-26/h1-23H. The molecule has 2 amide bonds. The fourth-order valence-electron chi connectivity index (χ4n) is 6.16. The number of para-hydroxylation sites is 2. The molecule has 198 valence electrons. The lowest BCUT2D eigenvalue weighted by atomic mass is 10.0. The number of fused-ring (bicyclic) bond motifs is 4. The van der Waals surface area contributed by atoms with Gasteiger partial charge in [-0.2, -0.15) is 0 Å². The van der Waals surface area contributed by atoms with Gasteiger partial charge in [0.15, 0.2) is 0 Å². The molecule has 0 spiro atoms. The van der Waals surface area contributed by atoms with Crippen LogP contribution >= 0.6 is 0 Å². The third-order valence-electron chi connectivity index (χ3n) is 8.05. The molecule has 5 heteroatoms. The summed E-state index contributed by atoms with van der Waals surface area (Å²) in [4.78, 5) is 33.5. The van der Waals surface area contributed by atoms with Crippen LogP contribution < -0.4 is 4.90 Å². The number of rotatable bonds is 4. The second-order valence-corrected chi connectivity index (χ2v) is 10.3. The number of carbonyl (C=O) groups excluding carboxylic acids is 2. The summed E-state index contributed by atoms with van der Waals surface area (Å²) < 4.78 is 2.13. The van der Waals surface area contributed by atoms with E-state index in [0.29, 0.717) is 22.5 Å². The van der Waals surface area contributed by atoms with Gasteiger partial charge in [-0.3, -0.25) is 14.6 Å². The first-order valence-corrected chi connectivity index (χ1v) is 13.8. The van der Waals surface area contributed by atoms with Crippen molar-refractivity contribution in [2.75, 3.05) is 4.90 Å². The summed E-state index contributed by atoms with van der Waals surface area (Å²) in [6, 6.07) is 41.5. The zero-order chi connectivity index (χ0) is 28.2. The van der Waals surface area contributed by atoms with Crippen LogP contribution in [0, 0.1) is 0 Å². The predicted molar refractivity (Wildman–Crippen MR) is 167 cm³/mol. The number of carbonyl (C=O) groups is 2. The Hall–Kier alpha value is -5.81. The van der Waals surface area contributed by atoms with Gasteiger partial charge in [-0.25, -0.2) is 4.90 Å². The molecule has 5 aromatic carbocycles. The van der Waals surface area contributed by atoms with Crippen molar-refractivity contribution < 1.29 is 9.59 Å². The molecule has 1 aliphatic heterocycles. The van der Waals surface area contributed by atoms with Gasteiger partial charge in [0.1, 0.15) is 0 Å². The summed E-state index contributed by atoms with van der Waals surface area (Å²) in [7, 11) is 0. The summed E-state index contributed by atoms with van der Waals surface area (Å²) in [5, 5.41) is 2.15. The second-order valence-electron chi connectivity index (χ2n) is 10.3. The van der Waals surface area contributed by atoms with E-state index in [1.54, 1.807) is 18.5 Å². The molecule has 0 saturated carbocycles. The van der Waals surface area contributed by atoms with E-state index in [0.717, 1.165) is 44.1 Å². The molecular formula is C37H23N3O2. The van der Waals surface area contributed by atoms with Gasteiger partial charge in [0.25, 0.3) is 11.8 Å². The molecule has 0 radical (unpaired) electrons. The van der Waals surface area contributed by atoms with Crippen molar-refractivity contribution in [2.45, 2.75) is 0 Å². The Labute approximate surface area is 241 Å². The summed E-state index contributed by atoms with van der Waals surface area (Å²) in [6.07, 6.45) is 3.56. The number of hydrogen-bond acceptors (Lipinski definition) is 3. The Balaban J connectivity index is 1.32. The highest BCUT2D eigenvalue weighted by molar-refractivity contribution is 6.36. The molecule has 0 bridgehead atoms. The van der Waals surface area contributed by atoms with Gasteiger partial charge >= 0.3 is 0 Å². The van der Waals surface area contributed by atoms with Crippen LogP contribution in [0.4, 0.5) is 5.69 Å². The molecular weight excluding hydrogens is 518 g/mol. The summed E-state index contributed by atoms with van der Waals surface area (Å²) in [5.74, 6) is -0.648. The zero-order valence-electron chi connectivity index (χ0n) is 22.4. The Morgan fingerprint density at radius 1 is 0.500 bits per heavy atom. The normalized spacial score (nSPS) is 12.8. The third kappa shape index (κ3) is 3.54. The number of aromatic nitrogens is 2. The average Bonchev–Trinajstić information content (AvgIpc) is 3.53. The van der Waals surface area contributed by atoms with Crippen molar-refractivity contribution in [1.82, 2.24) is 9.55 Å². The van der Waals surface area contributed by atoms with E-state index in [-0.39, 0.29) is 11.8 Å². The molecule has 2 aromatic heterocycles. The first kappa shape index (κ1) is 24.0. The number of amides is 2. The fraction of sp³-hybridized carbons (Fsp3) is 0. The minimum Gasteiger partial charge on any atom is -0.308 e. The van der Waals surface area contributed by atoms with Crippen molar-refractivity contribution in [3.63, 3.8) is 0 Å². The van der Waals surface area contributed by atoms with E-state index in [4.69, 9.17) is 0 Å². The molecule has 0 unspecified atom stereocenters. The van der Waals surface area contributed by atoms with Gasteiger partial charge in [-0.05, 0) is 59.2 Å². The minimum atomic E-state index is -0.328. The lowest BCUT2D eigenvalue weighted by molar-refractivity contribution is 0.0926. The van der Waals surface area contributed by atoms with Gasteiger partial charge in [0, 0.05) is 28.7 Å². The molecule has 8 rings (SSSR count). The predicted octanol–water partition coefficient (Wildman–Crippen LogP) is 8.31. The van der Waals surface area contributed by atoms with Crippen molar-refractivity contribution in [3.05, 3.63) is 151 Å². The van der Waals surface area contributed by atoms with E-state index < -0.39 is 0 Å². The Bertz CT molecular complexity index is 2170. The monoisotopic (exact) mass is 541 g/mol. The van der Waals surface area contributed by atoms with E-state index in [2.05, 4.69) is 39.9 Å². The van der Waals surface area contributed by atoms with Gasteiger partial charge in [0.05, 0.1) is 33.5 Å². The Kier molecular flexibility index (Phi) is 5.37. The fourth-order valence-corrected chi connectivity index (χ4v) is 6.16. The number of nitrogens with zero attached hydrogens (tertiary/aromatic N) is 3. The van der Waals surface area contributed by atoms with Gasteiger partial charge < -0.3 is 4.57 Å². The van der Waals surface area contributed by atoms with Crippen LogP contribution in [0.2, 0.25) is 0 Å². The van der Waals surface area contributed by atoms with Crippen LogP contribution in [-0.2, 0) is 0 Å². The van der Waals surface area contributed by atoms with E-state index >= 15 is 0 Å². The molecule has 5 nitrogen and oxygen atoms in total. The number of benzene rings is 5. The molecule has 0 N–H and O–H groups in total. The Morgan fingerprint density at radius 3 is 1.98 bits per heavy atom. The van der Waals surface area contributed by atoms with Crippen molar-refractivity contribution in [1.29, 1.82) is 0 Å². The molecule has 0 aliphatic carbocycles. The molecule has 0 fully saturated rings. The van der Waals surface area contributed by atoms with E-state index in [9.17, 15) is 9.59 Å². The maximum Gasteiger partial charge on any atom is 0.268 e. The first-order chi connectivity index (χ1) is 20.7. The minimum absolute atomic E-state index is 0.320. The van der Waals surface area contributed by atoms with Crippen LogP contribution in [0.15, 0.2) is 140 Å². The highest BCUT2D eigenvalue weighted by atomic mass is 16.2. The third-order valence-corrected chi connectivity index (χ3v) is 8.05. The van der Waals surface area contributed by atoms with Crippen molar-refractivity contribution in [3.8, 4) is 27.9 Å². The lowest BCUT2D eigenvalue weighted by Gasteiger charge is -2.16. The summed E-state index contributed by atoms with van der Waals surface area (Å²) in [6.45, 7) is 0. The topological polar surface area (TPSA) is 55.2 Å². The highest BCUT2D eigenvalue weighted by Crippen LogP contribution is 2.41. The van der Waals surface area contributed by atoms with Crippen LogP contribution in [0.3, 0.4) is 0 Å². The second kappa shape index (κ2) is 9.39. The largest absolute Gasteiger partial charge is 0.308 e. The number of pyridine rings is 1. The quantitative estimate of drug-likeness (QED) is 0.211. The molecule has 0 saturated heterocycles. The number of anilines is 1. The van der Waals surface area contributed by atoms with E-state index in [1.807, 2.05) is 91.0 Å². The highest BCUT2D eigenvalue weighted by Gasteiger charge is 2.39. The zero-order valence-corrected chi connectivity index (χ0v) is 22.4. The lowest BCUT2D eigenvalue weighted by Crippen LogP contribution is -2.29. The molecule has 0 atom stereocenters. The molecule has 3 heterocycles. The van der Waals surface area contributed by atoms with Crippen LogP contribution in [0.5, 0.6) is 0 Å².